The van der Waals surface area contributed by atoms with E-state index in [4.69, 9.17) is 5.73 Å². The summed E-state index contributed by atoms with van der Waals surface area (Å²) in [7, 11) is 2.13. The predicted octanol–water partition coefficient (Wildman–Crippen LogP) is 2.04. The van der Waals surface area contributed by atoms with Gasteiger partial charge in [-0.1, -0.05) is 18.2 Å². The van der Waals surface area contributed by atoms with Gasteiger partial charge >= 0.3 is 0 Å². The van der Waals surface area contributed by atoms with E-state index in [9.17, 15) is 0 Å². The van der Waals surface area contributed by atoms with E-state index in [1.165, 1.54) is 11.4 Å². The van der Waals surface area contributed by atoms with Crippen molar-refractivity contribution in [1.29, 1.82) is 0 Å². The lowest BCUT2D eigenvalue weighted by Gasteiger charge is -2.41. The van der Waals surface area contributed by atoms with Gasteiger partial charge in [0.1, 0.15) is 0 Å². The zero-order valence-electron chi connectivity index (χ0n) is 11.7. The van der Waals surface area contributed by atoms with Crippen molar-refractivity contribution in [2.45, 2.75) is 6.04 Å². The van der Waals surface area contributed by atoms with Crippen LogP contribution in [-0.2, 0) is 0 Å². The fraction of sp³-hybridized carbons (Fsp3) is 0.312. The SMILES string of the molecule is CN1CCN(C(CN)c2ccccn2)c2ccccc21. The summed E-state index contributed by atoms with van der Waals surface area (Å²) in [5, 5.41) is 0. The van der Waals surface area contributed by atoms with Crippen LogP contribution >= 0.6 is 0 Å². The maximum atomic E-state index is 6.03. The zero-order valence-corrected chi connectivity index (χ0v) is 11.7. The van der Waals surface area contributed by atoms with E-state index >= 15 is 0 Å². The molecule has 2 N–H and O–H groups in total. The first-order valence-corrected chi connectivity index (χ1v) is 6.99. The Labute approximate surface area is 119 Å². The molecule has 104 valence electrons. The molecule has 1 atom stereocenters. The summed E-state index contributed by atoms with van der Waals surface area (Å²) in [5.74, 6) is 0. The molecule has 4 heteroatoms. The van der Waals surface area contributed by atoms with Gasteiger partial charge in [-0.25, -0.2) is 0 Å². The summed E-state index contributed by atoms with van der Waals surface area (Å²) < 4.78 is 0. The molecule has 0 saturated heterocycles. The molecule has 20 heavy (non-hydrogen) atoms. The molecule has 0 radical (unpaired) electrons. The smallest absolute Gasteiger partial charge is 0.0837 e. The van der Waals surface area contributed by atoms with E-state index in [0.29, 0.717) is 6.54 Å². The Bertz CT molecular complexity index is 570. The second-order valence-electron chi connectivity index (χ2n) is 5.11. The molecule has 1 aliphatic heterocycles. The first kappa shape index (κ1) is 12.9. The lowest BCUT2D eigenvalue weighted by molar-refractivity contribution is 0.597. The zero-order chi connectivity index (χ0) is 13.9. The molecule has 0 aliphatic carbocycles. The molecule has 2 heterocycles. The van der Waals surface area contributed by atoms with Crippen molar-refractivity contribution in [1.82, 2.24) is 4.98 Å². The molecule has 2 aromatic rings. The fourth-order valence-electron chi connectivity index (χ4n) is 2.83. The fourth-order valence-corrected chi connectivity index (χ4v) is 2.83. The molecule has 0 bridgehead atoms. The monoisotopic (exact) mass is 268 g/mol. The number of aromatic nitrogens is 1. The lowest BCUT2D eigenvalue weighted by Crippen LogP contribution is -2.43. The maximum Gasteiger partial charge on any atom is 0.0837 e. The Balaban J connectivity index is 2.00. The van der Waals surface area contributed by atoms with Gasteiger partial charge in [0, 0.05) is 32.9 Å². The van der Waals surface area contributed by atoms with Crippen molar-refractivity contribution in [2.75, 3.05) is 36.5 Å². The van der Waals surface area contributed by atoms with Crippen LogP contribution < -0.4 is 15.5 Å². The Hall–Kier alpha value is -2.07. The molecule has 0 saturated carbocycles. The summed E-state index contributed by atoms with van der Waals surface area (Å²) in [6.07, 6.45) is 1.83. The van der Waals surface area contributed by atoms with Crippen molar-refractivity contribution in [2.24, 2.45) is 5.73 Å². The Morgan fingerprint density at radius 3 is 2.55 bits per heavy atom. The van der Waals surface area contributed by atoms with Gasteiger partial charge in [0.05, 0.1) is 23.1 Å². The minimum Gasteiger partial charge on any atom is -0.371 e. The van der Waals surface area contributed by atoms with E-state index in [2.05, 4.69) is 52.2 Å². The molecule has 0 spiro atoms. The highest BCUT2D eigenvalue weighted by atomic mass is 15.3. The van der Waals surface area contributed by atoms with Crippen molar-refractivity contribution < 1.29 is 0 Å². The van der Waals surface area contributed by atoms with E-state index < -0.39 is 0 Å². The number of hydrogen-bond acceptors (Lipinski definition) is 4. The third kappa shape index (κ3) is 2.23. The number of fused-ring (bicyclic) bond motifs is 1. The number of nitrogens with zero attached hydrogens (tertiary/aromatic N) is 3. The molecule has 3 rings (SSSR count). The molecular formula is C16H20N4. The highest BCUT2D eigenvalue weighted by molar-refractivity contribution is 5.73. The molecule has 4 nitrogen and oxygen atoms in total. The standard InChI is InChI=1S/C16H20N4/c1-19-10-11-20(15-8-3-2-7-14(15)19)16(12-17)13-6-4-5-9-18-13/h2-9,16H,10-12,17H2,1H3. The second kappa shape index (κ2) is 5.51. The normalized spacial score (nSPS) is 15.9. The summed E-state index contributed by atoms with van der Waals surface area (Å²) in [6.45, 7) is 2.53. The van der Waals surface area contributed by atoms with Gasteiger partial charge in [0.2, 0.25) is 0 Å². The van der Waals surface area contributed by atoms with Gasteiger partial charge in [-0.15, -0.1) is 0 Å². The van der Waals surface area contributed by atoms with E-state index in [-0.39, 0.29) is 6.04 Å². The summed E-state index contributed by atoms with van der Waals surface area (Å²) in [5.41, 5.74) is 9.56. The second-order valence-corrected chi connectivity index (χ2v) is 5.11. The third-order valence-corrected chi connectivity index (χ3v) is 3.91. The molecular weight excluding hydrogens is 248 g/mol. The molecule has 1 aliphatic rings. The number of likely N-dealkylation sites (N-methyl/N-ethyl adjacent to an activating group) is 1. The van der Waals surface area contributed by atoms with Crippen molar-refractivity contribution >= 4 is 11.4 Å². The van der Waals surface area contributed by atoms with Crippen LogP contribution in [-0.4, -0.2) is 31.7 Å². The van der Waals surface area contributed by atoms with Crippen LogP contribution in [0.4, 0.5) is 11.4 Å². The van der Waals surface area contributed by atoms with Gasteiger partial charge in [-0.3, -0.25) is 4.98 Å². The highest BCUT2D eigenvalue weighted by Crippen LogP contribution is 2.36. The number of rotatable bonds is 3. The summed E-state index contributed by atoms with van der Waals surface area (Å²) in [4.78, 5) is 9.14. The van der Waals surface area contributed by atoms with Crippen LogP contribution in [0.2, 0.25) is 0 Å². The van der Waals surface area contributed by atoms with Gasteiger partial charge in [0.25, 0.3) is 0 Å². The van der Waals surface area contributed by atoms with E-state index in [1.807, 2.05) is 18.3 Å². The largest absolute Gasteiger partial charge is 0.371 e. The minimum absolute atomic E-state index is 0.131. The molecule has 1 aromatic carbocycles. The number of anilines is 2. The van der Waals surface area contributed by atoms with Gasteiger partial charge in [-0.05, 0) is 24.3 Å². The van der Waals surface area contributed by atoms with Gasteiger partial charge in [-0.2, -0.15) is 0 Å². The van der Waals surface area contributed by atoms with Crippen LogP contribution in [0.1, 0.15) is 11.7 Å². The van der Waals surface area contributed by atoms with Crippen LogP contribution in [0.3, 0.4) is 0 Å². The third-order valence-electron chi connectivity index (χ3n) is 3.91. The molecule has 0 fully saturated rings. The highest BCUT2D eigenvalue weighted by Gasteiger charge is 2.26. The molecule has 1 unspecified atom stereocenters. The van der Waals surface area contributed by atoms with E-state index in [0.717, 1.165) is 18.8 Å². The van der Waals surface area contributed by atoms with Crippen LogP contribution in [0.25, 0.3) is 0 Å². The van der Waals surface area contributed by atoms with Crippen molar-refractivity contribution in [3.63, 3.8) is 0 Å². The van der Waals surface area contributed by atoms with Crippen LogP contribution in [0, 0.1) is 0 Å². The number of benzene rings is 1. The summed E-state index contributed by atoms with van der Waals surface area (Å²) >= 11 is 0. The lowest BCUT2D eigenvalue weighted by atomic mass is 10.1. The van der Waals surface area contributed by atoms with Crippen LogP contribution in [0.5, 0.6) is 0 Å². The van der Waals surface area contributed by atoms with Gasteiger partial charge in [0.15, 0.2) is 0 Å². The number of nitrogens with two attached hydrogens (primary N) is 1. The Kier molecular flexibility index (Phi) is 3.56. The van der Waals surface area contributed by atoms with Crippen LogP contribution in [0.15, 0.2) is 48.7 Å². The van der Waals surface area contributed by atoms with Crippen molar-refractivity contribution in [3.8, 4) is 0 Å². The van der Waals surface area contributed by atoms with E-state index in [1.54, 1.807) is 0 Å². The Morgan fingerprint density at radius 2 is 1.85 bits per heavy atom. The average Bonchev–Trinajstić information content (AvgIpc) is 2.52. The average molecular weight is 268 g/mol. The van der Waals surface area contributed by atoms with Crippen molar-refractivity contribution in [3.05, 3.63) is 54.4 Å². The number of pyridine rings is 1. The summed E-state index contributed by atoms with van der Waals surface area (Å²) in [6, 6.07) is 14.6. The number of hydrogen-bond donors (Lipinski definition) is 1. The first-order chi connectivity index (χ1) is 9.81. The quantitative estimate of drug-likeness (QED) is 0.925. The molecule has 1 aromatic heterocycles. The Morgan fingerprint density at radius 1 is 1.10 bits per heavy atom. The first-order valence-electron chi connectivity index (χ1n) is 6.99. The minimum atomic E-state index is 0.131. The predicted molar refractivity (Wildman–Crippen MR) is 83.1 cm³/mol. The number of para-hydroxylation sites is 2. The van der Waals surface area contributed by atoms with Gasteiger partial charge < -0.3 is 15.5 Å². The maximum absolute atomic E-state index is 6.03. The topological polar surface area (TPSA) is 45.4 Å². The molecule has 0 amide bonds.